The van der Waals surface area contributed by atoms with E-state index < -0.39 is 73.0 Å². The Labute approximate surface area is 213 Å². The number of pyridine rings is 1. The molecule has 2 fully saturated rings. The summed E-state index contributed by atoms with van der Waals surface area (Å²) in [6, 6.07) is 2.03. The van der Waals surface area contributed by atoms with Gasteiger partial charge >= 0.3 is 0 Å². The number of likely N-dealkylation sites (tertiary alicyclic amines) is 1. The van der Waals surface area contributed by atoms with E-state index in [-0.39, 0.29) is 42.6 Å². The van der Waals surface area contributed by atoms with Crippen molar-refractivity contribution in [3.05, 3.63) is 63.3 Å². The van der Waals surface area contributed by atoms with Gasteiger partial charge in [-0.15, -0.1) is 0 Å². The fraction of sp³-hybridized carbons (Fsp3) is 0.520. The molecule has 2 heterocycles. The Morgan fingerprint density at radius 3 is 2.51 bits per heavy atom. The lowest BCUT2D eigenvalue weighted by molar-refractivity contribution is 0.0648. The molecule has 1 aliphatic carbocycles. The Kier molecular flexibility index (Phi) is 6.49. The second kappa shape index (κ2) is 10.4. The van der Waals surface area contributed by atoms with Crippen molar-refractivity contribution in [2.24, 2.45) is 0 Å². The molecule has 1 aliphatic heterocycles. The first-order chi connectivity index (χ1) is 18.7. The first kappa shape index (κ1) is 23.1. The van der Waals surface area contributed by atoms with Gasteiger partial charge in [0, 0.05) is 35.0 Å². The summed E-state index contributed by atoms with van der Waals surface area (Å²) in [4.78, 5) is 27.2. The van der Waals surface area contributed by atoms with Gasteiger partial charge in [0.1, 0.15) is 17.5 Å². The third-order valence-electron chi connectivity index (χ3n) is 6.94. The van der Waals surface area contributed by atoms with Gasteiger partial charge in [0.25, 0.3) is 24.3 Å². The van der Waals surface area contributed by atoms with Crippen molar-refractivity contribution >= 4 is 11.6 Å². The summed E-state index contributed by atoms with van der Waals surface area (Å²) < 4.78 is 107. The van der Waals surface area contributed by atoms with Crippen LogP contribution in [0, 0.1) is 5.82 Å². The Hall–Kier alpha value is -3.02. The summed E-state index contributed by atoms with van der Waals surface area (Å²) in [5, 5.41) is 5.19. The first-order valence-electron chi connectivity index (χ1n) is 13.2. The van der Waals surface area contributed by atoms with E-state index in [1.807, 2.05) is 0 Å². The van der Waals surface area contributed by atoms with E-state index >= 15 is 0 Å². The van der Waals surface area contributed by atoms with Crippen LogP contribution >= 0.6 is 0 Å². The van der Waals surface area contributed by atoms with Crippen LogP contribution in [0.2, 0.25) is 0 Å². The molecule has 0 bridgehead atoms. The number of halogens is 6. The summed E-state index contributed by atoms with van der Waals surface area (Å²) in [5.41, 5.74) is -4.29. The molecule has 2 N–H and O–H groups in total. The largest absolute Gasteiger partial charge is 0.378 e. The smallest absolute Gasteiger partial charge is 0.266 e. The third-order valence-corrected chi connectivity index (χ3v) is 6.94. The fourth-order valence-electron chi connectivity index (χ4n) is 4.56. The first-order valence-corrected chi connectivity index (χ1v) is 11.7. The summed E-state index contributed by atoms with van der Waals surface area (Å²) in [6.45, 7) is -1.64. The van der Waals surface area contributed by atoms with Crippen molar-refractivity contribution in [1.29, 1.82) is 0 Å². The summed E-state index contributed by atoms with van der Waals surface area (Å²) >= 11 is 0. The van der Waals surface area contributed by atoms with Gasteiger partial charge in [-0.1, -0.05) is 18.2 Å². The van der Waals surface area contributed by atoms with Gasteiger partial charge < -0.3 is 20.1 Å². The minimum Gasteiger partial charge on any atom is -0.378 e. The molecule has 0 radical (unpaired) electrons. The lowest BCUT2D eigenvalue weighted by Gasteiger charge is -2.33. The van der Waals surface area contributed by atoms with Gasteiger partial charge in [0.15, 0.2) is 0 Å². The molecule has 1 aromatic carbocycles. The molecular formula is C25H28F6N4O2. The van der Waals surface area contributed by atoms with Crippen LogP contribution in [-0.2, 0) is 5.54 Å². The highest BCUT2D eigenvalue weighted by Gasteiger charge is 2.53. The number of nitrogens with zero attached hydrogens (tertiary/aromatic N) is 2. The number of hydrogen-bond donors (Lipinski definition) is 2. The van der Waals surface area contributed by atoms with E-state index in [1.54, 1.807) is 0 Å². The van der Waals surface area contributed by atoms with Crippen molar-refractivity contribution in [2.75, 3.05) is 25.4 Å². The van der Waals surface area contributed by atoms with Gasteiger partial charge in [-0.05, 0) is 33.2 Å². The molecule has 0 spiro atoms. The van der Waals surface area contributed by atoms with Crippen molar-refractivity contribution in [3.8, 4) is 0 Å². The lowest BCUT2D eigenvalue weighted by Crippen LogP contribution is -2.47. The number of rotatable bonds is 8. The molecule has 1 saturated carbocycles. The number of carbonyl (C=O) groups is 1. The Morgan fingerprint density at radius 1 is 1.22 bits per heavy atom. The van der Waals surface area contributed by atoms with E-state index in [2.05, 4.69) is 10.6 Å². The van der Waals surface area contributed by atoms with E-state index in [0.29, 0.717) is 0 Å². The van der Waals surface area contributed by atoms with Crippen LogP contribution in [0.1, 0.15) is 64.3 Å². The predicted molar refractivity (Wildman–Crippen MR) is 126 cm³/mol. The Balaban J connectivity index is 1.66. The van der Waals surface area contributed by atoms with Gasteiger partial charge in [-0.2, -0.15) is 0 Å². The quantitative estimate of drug-likeness (QED) is 0.486. The number of amides is 1. The SMILES string of the molecule is [2H]C([2H])([2H])N1CC[C@H](Nc2cc(=O)n(C3(C(F)F)CC3)cc2C(=O)N[C@H](C)c2cccc(C(F)F)c2F)[C@H](F)C1. The normalized spacial score (nSPS) is 23.8. The van der Waals surface area contributed by atoms with Crippen LogP contribution in [0.3, 0.4) is 0 Å². The fourth-order valence-corrected chi connectivity index (χ4v) is 4.56. The van der Waals surface area contributed by atoms with Crippen molar-refractivity contribution in [2.45, 2.75) is 62.8 Å². The maximum absolute atomic E-state index is 15.0. The molecule has 4 rings (SSSR count). The Morgan fingerprint density at radius 2 is 1.92 bits per heavy atom. The zero-order valence-corrected chi connectivity index (χ0v) is 19.8. The zero-order valence-electron chi connectivity index (χ0n) is 22.8. The van der Waals surface area contributed by atoms with E-state index in [9.17, 15) is 35.9 Å². The van der Waals surface area contributed by atoms with Crippen LogP contribution in [0.25, 0.3) is 0 Å². The van der Waals surface area contributed by atoms with Crippen molar-refractivity contribution in [3.63, 3.8) is 0 Å². The molecule has 1 aromatic heterocycles. The molecule has 2 aliphatic rings. The number of nitrogens with one attached hydrogen (secondary N) is 2. The Bertz CT molecular complexity index is 1320. The summed E-state index contributed by atoms with van der Waals surface area (Å²) in [7, 11) is 0. The topological polar surface area (TPSA) is 66.4 Å². The van der Waals surface area contributed by atoms with Crippen molar-refractivity contribution < 1.29 is 35.2 Å². The maximum Gasteiger partial charge on any atom is 0.266 e. The van der Waals surface area contributed by atoms with Crippen LogP contribution in [0.4, 0.5) is 32.0 Å². The third kappa shape index (κ3) is 5.34. The average molecular weight is 534 g/mol. The molecule has 1 saturated heterocycles. The highest BCUT2D eigenvalue weighted by molar-refractivity contribution is 5.99. The van der Waals surface area contributed by atoms with Crippen LogP contribution in [-0.4, -0.2) is 54.1 Å². The summed E-state index contributed by atoms with van der Waals surface area (Å²) in [5.74, 6) is -2.17. The number of carbonyl (C=O) groups excluding carboxylic acids is 1. The predicted octanol–water partition coefficient (Wildman–Crippen LogP) is 4.62. The van der Waals surface area contributed by atoms with Gasteiger partial charge in [-0.3, -0.25) is 9.59 Å². The molecule has 3 atom stereocenters. The molecule has 1 amide bonds. The molecular weight excluding hydrogens is 502 g/mol. The van der Waals surface area contributed by atoms with Crippen LogP contribution in [0.5, 0.6) is 0 Å². The monoisotopic (exact) mass is 533 g/mol. The molecule has 202 valence electrons. The van der Waals surface area contributed by atoms with Crippen molar-refractivity contribution in [1.82, 2.24) is 14.8 Å². The number of benzene rings is 1. The van der Waals surface area contributed by atoms with E-state index in [0.717, 1.165) is 27.8 Å². The number of anilines is 1. The number of alkyl halides is 5. The molecule has 12 heteroatoms. The second-order valence-corrected chi connectivity index (χ2v) is 9.46. The highest BCUT2D eigenvalue weighted by Crippen LogP contribution is 2.48. The number of hydrogen-bond acceptors (Lipinski definition) is 4. The van der Waals surface area contributed by atoms with E-state index in [4.69, 9.17) is 4.11 Å². The highest BCUT2D eigenvalue weighted by atomic mass is 19.3. The van der Waals surface area contributed by atoms with Gasteiger partial charge in [-0.25, -0.2) is 26.3 Å². The maximum atomic E-state index is 15.0. The minimum absolute atomic E-state index is 0.00724. The zero-order chi connectivity index (χ0) is 29.6. The van der Waals surface area contributed by atoms with E-state index in [1.165, 1.54) is 19.1 Å². The van der Waals surface area contributed by atoms with Gasteiger partial charge in [0.2, 0.25) is 0 Å². The molecule has 37 heavy (non-hydrogen) atoms. The van der Waals surface area contributed by atoms with Crippen LogP contribution in [0.15, 0.2) is 35.3 Å². The summed E-state index contributed by atoms with van der Waals surface area (Å²) in [6.07, 6.45) is -6.83. The average Bonchev–Trinajstić information content (AvgIpc) is 3.66. The number of piperidine rings is 1. The molecule has 6 nitrogen and oxygen atoms in total. The number of aromatic nitrogens is 1. The second-order valence-electron chi connectivity index (χ2n) is 9.46. The molecule has 0 unspecified atom stereocenters. The minimum atomic E-state index is -3.10. The standard InChI is InChI=1S/C25H28F6N4O2/c1-13(14-4-3-5-15(21(14)27)22(28)29)32-23(37)16-11-35(25(7-8-25)24(30)31)20(36)10-19(16)33-18-6-9-34(2)12-17(18)26/h3-5,10-11,13,17-18,22,24,33H,6-9,12H2,1-2H3,(H,32,37)/t13-,17-,18+/m1/s1/i2D3. The van der Waals surface area contributed by atoms with Gasteiger partial charge in [0.05, 0.1) is 28.9 Å². The lowest BCUT2D eigenvalue weighted by atomic mass is 10.0. The molecule has 2 aromatic rings. The van der Waals surface area contributed by atoms with Crippen LogP contribution < -0.4 is 16.2 Å².